The Morgan fingerprint density at radius 3 is 2.92 bits per heavy atom. The van der Waals surface area contributed by atoms with Crippen molar-refractivity contribution in [1.82, 2.24) is 14.9 Å². The van der Waals surface area contributed by atoms with Gasteiger partial charge in [-0.15, -0.1) is 0 Å². The van der Waals surface area contributed by atoms with Crippen LogP contribution in [0.25, 0.3) is 11.1 Å². The molecule has 1 aliphatic heterocycles. The van der Waals surface area contributed by atoms with Gasteiger partial charge >= 0.3 is 0 Å². The topological polar surface area (TPSA) is 71.3 Å². The minimum Gasteiger partial charge on any atom is -0.440 e. The molecule has 4 rings (SSSR count). The third-order valence-electron chi connectivity index (χ3n) is 4.63. The van der Waals surface area contributed by atoms with Crippen LogP contribution in [0.4, 0.5) is 5.82 Å². The number of oxazole rings is 1. The van der Waals surface area contributed by atoms with Crippen molar-refractivity contribution >= 4 is 22.8 Å². The first-order chi connectivity index (χ1) is 12.2. The second kappa shape index (κ2) is 6.55. The van der Waals surface area contributed by atoms with E-state index in [9.17, 15) is 4.79 Å². The van der Waals surface area contributed by atoms with Crippen molar-refractivity contribution in [3.63, 3.8) is 0 Å². The van der Waals surface area contributed by atoms with E-state index >= 15 is 0 Å². The smallest absolute Gasteiger partial charge is 0.255 e. The van der Waals surface area contributed by atoms with E-state index in [1.807, 2.05) is 41.3 Å². The molecule has 1 aliphatic rings. The van der Waals surface area contributed by atoms with Crippen LogP contribution in [-0.4, -0.2) is 40.9 Å². The van der Waals surface area contributed by atoms with E-state index in [0.29, 0.717) is 12.1 Å². The molecule has 1 atom stereocenters. The number of hydrogen-bond donors (Lipinski definition) is 1. The summed E-state index contributed by atoms with van der Waals surface area (Å²) in [7, 11) is 1.80. The summed E-state index contributed by atoms with van der Waals surface area (Å²) < 4.78 is 5.90. The maximum Gasteiger partial charge on any atom is 0.255 e. The number of nitrogens with zero attached hydrogens (tertiary/aromatic N) is 3. The number of hydrogen-bond acceptors (Lipinski definition) is 5. The average molecular weight is 336 g/mol. The molecule has 0 spiro atoms. The monoisotopic (exact) mass is 336 g/mol. The molecule has 0 bridgehead atoms. The number of para-hydroxylation sites is 2. The number of fused-ring (bicyclic) bond motifs is 1. The van der Waals surface area contributed by atoms with Crippen LogP contribution >= 0.6 is 0 Å². The molecule has 0 aliphatic carbocycles. The van der Waals surface area contributed by atoms with E-state index in [2.05, 4.69) is 15.3 Å². The van der Waals surface area contributed by atoms with Crippen molar-refractivity contribution in [3.8, 4) is 0 Å². The van der Waals surface area contributed by atoms with Crippen LogP contribution in [0.2, 0.25) is 0 Å². The average Bonchev–Trinajstić information content (AvgIpc) is 3.12. The fourth-order valence-corrected chi connectivity index (χ4v) is 3.28. The molecule has 2 aromatic heterocycles. The number of aromatic nitrogens is 2. The summed E-state index contributed by atoms with van der Waals surface area (Å²) in [6.45, 7) is 1.38. The van der Waals surface area contributed by atoms with Crippen molar-refractivity contribution < 1.29 is 9.21 Å². The largest absolute Gasteiger partial charge is 0.440 e. The quantitative estimate of drug-likeness (QED) is 0.795. The zero-order chi connectivity index (χ0) is 17.2. The number of likely N-dealkylation sites (tertiary alicyclic amines) is 1. The molecule has 1 saturated heterocycles. The van der Waals surface area contributed by atoms with Crippen LogP contribution in [0.1, 0.15) is 35.0 Å². The van der Waals surface area contributed by atoms with Gasteiger partial charge in [-0.3, -0.25) is 4.79 Å². The third-order valence-corrected chi connectivity index (χ3v) is 4.63. The number of rotatable bonds is 3. The first-order valence-corrected chi connectivity index (χ1v) is 8.53. The molecular formula is C19H20N4O2. The Labute approximate surface area is 145 Å². The van der Waals surface area contributed by atoms with E-state index in [1.54, 1.807) is 13.2 Å². The predicted molar refractivity (Wildman–Crippen MR) is 95.7 cm³/mol. The number of pyridine rings is 1. The molecule has 0 saturated carbocycles. The first kappa shape index (κ1) is 15.6. The SMILES string of the molecule is CNc1ccc(C(=O)N2CCCC(c3nc4ccccc4o3)C2)cn1. The number of benzene rings is 1. The Bertz CT molecular complexity index is 855. The second-order valence-electron chi connectivity index (χ2n) is 6.29. The molecule has 1 unspecified atom stereocenters. The van der Waals surface area contributed by atoms with Crippen LogP contribution in [0.3, 0.4) is 0 Å². The molecule has 1 aromatic carbocycles. The van der Waals surface area contributed by atoms with E-state index < -0.39 is 0 Å². The fourth-order valence-electron chi connectivity index (χ4n) is 3.28. The Morgan fingerprint density at radius 1 is 1.28 bits per heavy atom. The Morgan fingerprint density at radius 2 is 2.16 bits per heavy atom. The molecule has 3 heterocycles. The van der Waals surface area contributed by atoms with Crippen molar-refractivity contribution in [1.29, 1.82) is 0 Å². The van der Waals surface area contributed by atoms with Gasteiger partial charge in [0.15, 0.2) is 11.5 Å². The van der Waals surface area contributed by atoms with Crippen molar-refractivity contribution in [2.24, 2.45) is 0 Å². The minimum atomic E-state index is 0.0102. The van der Waals surface area contributed by atoms with Crippen molar-refractivity contribution in [2.45, 2.75) is 18.8 Å². The van der Waals surface area contributed by atoms with Gasteiger partial charge in [0.1, 0.15) is 11.3 Å². The summed E-state index contributed by atoms with van der Waals surface area (Å²) in [6, 6.07) is 11.4. The second-order valence-corrected chi connectivity index (χ2v) is 6.29. The maximum absolute atomic E-state index is 12.8. The highest BCUT2D eigenvalue weighted by atomic mass is 16.3. The van der Waals surface area contributed by atoms with Gasteiger partial charge in [0, 0.05) is 26.3 Å². The van der Waals surface area contributed by atoms with Gasteiger partial charge in [-0.2, -0.15) is 0 Å². The van der Waals surface area contributed by atoms with Gasteiger partial charge in [0.25, 0.3) is 5.91 Å². The third kappa shape index (κ3) is 3.07. The standard InChI is InChI=1S/C19H20N4O2/c1-20-17-9-8-13(11-21-17)19(24)23-10-4-5-14(12-23)18-22-15-6-2-3-7-16(15)25-18/h2-3,6-9,11,14H,4-5,10,12H2,1H3,(H,20,21). The fraction of sp³-hybridized carbons (Fsp3) is 0.316. The lowest BCUT2D eigenvalue weighted by atomic mass is 9.97. The van der Waals surface area contributed by atoms with Crippen molar-refractivity contribution in [2.75, 3.05) is 25.5 Å². The summed E-state index contributed by atoms with van der Waals surface area (Å²) in [4.78, 5) is 23.5. The predicted octanol–water partition coefficient (Wildman–Crippen LogP) is 3.28. The number of carbonyl (C=O) groups is 1. The molecule has 6 nitrogen and oxygen atoms in total. The van der Waals surface area contributed by atoms with E-state index in [4.69, 9.17) is 4.42 Å². The highest BCUT2D eigenvalue weighted by Gasteiger charge is 2.28. The zero-order valence-corrected chi connectivity index (χ0v) is 14.1. The van der Waals surface area contributed by atoms with Crippen molar-refractivity contribution in [3.05, 3.63) is 54.0 Å². The van der Waals surface area contributed by atoms with Gasteiger partial charge in [-0.25, -0.2) is 9.97 Å². The summed E-state index contributed by atoms with van der Waals surface area (Å²) >= 11 is 0. The number of amides is 1. The van der Waals surface area contributed by atoms with E-state index in [1.165, 1.54) is 0 Å². The first-order valence-electron chi connectivity index (χ1n) is 8.53. The van der Waals surface area contributed by atoms with Crippen LogP contribution < -0.4 is 5.32 Å². The normalized spacial score (nSPS) is 17.6. The molecule has 1 fully saturated rings. The maximum atomic E-state index is 12.8. The van der Waals surface area contributed by atoms with Gasteiger partial charge in [-0.1, -0.05) is 12.1 Å². The van der Waals surface area contributed by atoms with Crippen LogP contribution in [-0.2, 0) is 0 Å². The summed E-state index contributed by atoms with van der Waals surface area (Å²) in [5.74, 6) is 1.62. The lowest BCUT2D eigenvalue weighted by Crippen LogP contribution is -2.39. The lowest BCUT2D eigenvalue weighted by Gasteiger charge is -2.31. The number of carbonyl (C=O) groups excluding carboxylic acids is 1. The summed E-state index contributed by atoms with van der Waals surface area (Å²) in [5.41, 5.74) is 2.28. The number of piperidine rings is 1. The molecular weight excluding hydrogens is 316 g/mol. The van der Waals surface area contributed by atoms with Gasteiger partial charge < -0.3 is 14.6 Å². The van der Waals surface area contributed by atoms with Gasteiger partial charge in [0.2, 0.25) is 0 Å². The van der Waals surface area contributed by atoms with Gasteiger partial charge in [-0.05, 0) is 37.1 Å². The molecule has 1 amide bonds. The lowest BCUT2D eigenvalue weighted by molar-refractivity contribution is 0.0698. The molecule has 3 aromatic rings. The Hall–Kier alpha value is -2.89. The number of nitrogens with one attached hydrogen (secondary N) is 1. The highest BCUT2D eigenvalue weighted by molar-refractivity contribution is 5.94. The summed E-state index contributed by atoms with van der Waals surface area (Å²) in [6.07, 6.45) is 3.54. The molecule has 1 N–H and O–H groups in total. The molecule has 6 heteroatoms. The van der Waals surface area contributed by atoms with Crippen LogP contribution in [0, 0.1) is 0 Å². The van der Waals surface area contributed by atoms with Crippen LogP contribution in [0.5, 0.6) is 0 Å². The summed E-state index contributed by atoms with van der Waals surface area (Å²) in [5, 5.41) is 2.96. The minimum absolute atomic E-state index is 0.0102. The van der Waals surface area contributed by atoms with Crippen LogP contribution in [0.15, 0.2) is 47.0 Å². The van der Waals surface area contributed by atoms with E-state index in [0.717, 1.165) is 42.2 Å². The molecule has 128 valence electrons. The van der Waals surface area contributed by atoms with Gasteiger partial charge in [0.05, 0.1) is 11.5 Å². The zero-order valence-electron chi connectivity index (χ0n) is 14.1. The Balaban J connectivity index is 1.52. The molecule has 0 radical (unpaired) electrons. The number of anilines is 1. The molecule has 25 heavy (non-hydrogen) atoms. The van der Waals surface area contributed by atoms with E-state index in [-0.39, 0.29) is 11.8 Å². The Kier molecular flexibility index (Phi) is 4.09. The highest BCUT2D eigenvalue weighted by Crippen LogP contribution is 2.29.